The van der Waals surface area contributed by atoms with Gasteiger partial charge in [0, 0.05) is 35.8 Å². The number of carbonyl (C=O) groups excluding carboxylic acids is 1. The molecule has 0 unspecified atom stereocenters. The standard InChI is InChI=1S/C24H24F3N3O2/c1-15-20(16(2)32-29-15)13-23(31)30-11-5-7-18(14-30)22-10-4-9-21(28-22)17-6-3-8-19(12-17)24(25,26)27/h3-4,6,8-10,12,18H,5,7,11,13-14H2,1-2H3/t18-/m0/s1. The van der Waals surface area contributed by atoms with Crippen molar-refractivity contribution in [2.45, 2.75) is 45.2 Å². The molecule has 1 aliphatic heterocycles. The topological polar surface area (TPSA) is 59.2 Å². The van der Waals surface area contributed by atoms with Crippen molar-refractivity contribution in [3.05, 3.63) is 70.7 Å². The smallest absolute Gasteiger partial charge is 0.361 e. The molecular formula is C24H24F3N3O2. The summed E-state index contributed by atoms with van der Waals surface area (Å²) in [4.78, 5) is 19.4. The number of likely N-dealkylation sites (tertiary alicyclic amines) is 1. The molecule has 0 spiro atoms. The van der Waals surface area contributed by atoms with Crippen LogP contribution in [0.15, 0.2) is 47.0 Å². The Bertz CT molecular complexity index is 1100. The molecule has 1 amide bonds. The van der Waals surface area contributed by atoms with E-state index in [4.69, 9.17) is 4.52 Å². The summed E-state index contributed by atoms with van der Waals surface area (Å²) in [5.74, 6) is 0.695. The number of nitrogens with zero attached hydrogens (tertiary/aromatic N) is 3. The van der Waals surface area contributed by atoms with Gasteiger partial charge in [-0.2, -0.15) is 13.2 Å². The molecule has 0 aliphatic carbocycles. The molecule has 0 N–H and O–H groups in total. The highest BCUT2D eigenvalue weighted by atomic mass is 19.4. The molecule has 0 saturated carbocycles. The highest BCUT2D eigenvalue weighted by Gasteiger charge is 2.31. The van der Waals surface area contributed by atoms with E-state index in [0.29, 0.717) is 30.1 Å². The van der Waals surface area contributed by atoms with E-state index in [1.165, 1.54) is 6.07 Å². The Morgan fingerprint density at radius 2 is 1.97 bits per heavy atom. The van der Waals surface area contributed by atoms with Crippen LogP contribution in [0, 0.1) is 13.8 Å². The van der Waals surface area contributed by atoms with Gasteiger partial charge in [0.1, 0.15) is 5.76 Å². The lowest BCUT2D eigenvalue weighted by Crippen LogP contribution is -2.40. The van der Waals surface area contributed by atoms with Gasteiger partial charge in [0.2, 0.25) is 5.91 Å². The van der Waals surface area contributed by atoms with Gasteiger partial charge in [0.05, 0.1) is 23.4 Å². The molecule has 3 heterocycles. The maximum Gasteiger partial charge on any atom is 0.416 e. The molecule has 168 valence electrons. The Kier molecular flexibility index (Phi) is 6.04. The van der Waals surface area contributed by atoms with Crippen LogP contribution in [0.2, 0.25) is 0 Å². The van der Waals surface area contributed by atoms with Gasteiger partial charge >= 0.3 is 6.18 Å². The Hall–Kier alpha value is -3.16. The van der Waals surface area contributed by atoms with E-state index in [2.05, 4.69) is 10.1 Å². The van der Waals surface area contributed by atoms with Crippen LogP contribution in [-0.2, 0) is 17.4 Å². The van der Waals surface area contributed by atoms with Crippen LogP contribution in [0.3, 0.4) is 0 Å². The fourth-order valence-electron chi connectivity index (χ4n) is 4.16. The van der Waals surface area contributed by atoms with E-state index < -0.39 is 11.7 Å². The fraction of sp³-hybridized carbons (Fsp3) is 0.375. The second-order valence-corrected chi connectivity index (χ2v) is 8.18. The van der Waals surface area contributed by atoms with E-state index in [9.17, 15) is 18.0 Å². The first-order chi connectivity index (χ1) is 15.2. The summed E-state index contributed by atoms with van der Waals surface area (Å²) >= 11 is 0. The first kappa shape index (κ1) is 22.0. The average molecular weight is 443 g/mol. The maximum atomic E-state index is 13.1. The first-order valence-corrected chi connectivity index (χ1v) is 10.6. The van der Waals surface area contributed by atoms with Gasteiger partial charge in [-0.1, -0.05) is 23.4 Å². The van der Waals surface area contributed by atoms with Crippen molar-refractivity contribution < 1.29 is 22.5 Å². The van der Waals surface area contributed by atoms with E-state index in [-0.39, 0.29) is 18.2 Å². The number of pyridine rings is 1. The number of alkyl halides is 3. The Morgan fingerprint density at radius 1 is 1.19 bits per heavy atom. The predicted molar refractivity (Wildman–Crippen MR) is 113 cm³/mol. The molecule has 1 aliphatic rings. The summed E-state index contributed by atoms with van der Waals surface area (Å²) in [6.07, 6.45) is -2.45. The molecule has 1 fully saturated rings. The van der Waals surface area contributed by atoms with E-state index in [1.54, 1.807) is 19.1 Å². The van der Waals surface area contributed by atoms with Crippen LogP contribution in [0.5, 0.6) is 0 Å². The fourth-order valence-corrected chi connectivity index (χ4v) is 4.16. The molecule has 1 saturated heterocycles. The number of aromatic nitrogens is 2. The highest BCUT2D eigenvalue weighted by Crippen LogP contribution is 2.33. The molecule has 5 nitrogen and oxygen atoms in total. The maximum absolute atomic E-state index is 13.1. The van der Waals surface area contributed by atoms with Gasteiger partial charge in [0.15, 0.2) is 0 Å². The number of carbonyl (C=O) groups is 1. The lowest BCUT2D eigenvalue weighted by atomic mass is 9.93. The summed E-state index contributed by atoms with van der Waals surface area (Å²) in [5.41, 5.74) is 2.55. The number of aryl methyl sites for hydroxylation is 2. The minimum Gasteiger partial charge on any atom is -0.361 e. The largest absolute Gasteiger partial charge is 0.416 e. The van der Waals surface area contributed by atoms with Gasteiger partial charge in [-0.25, -0.2) is 0 Å². The molecule has 32 heavy (non-hydrogen) atoms. The predicted octanol–water partition coefficient (Wildman–Crippen LogP) is 5.32. The minimum absolute atomic E-state index is 0.0122. The third kappa shape index (κ3) is 4.69. The van der Waals surface area contributed by atoms with Crippen LogP contribution in [0.25, 0.3) is 11.3 Å². The quantitative estimate of drug-likeness (QED) is 0.548. The number of piperidine rings is 1. The number of rotatable bonds is 4. The summed E-state index contributed by atoms with van der Waals surface area (Å²) in [5, 5.41) is 3.91. The van der Waals surface area contributed by atoms with E-state index in [1.807, 2.05) is 24.0 Å². The third-order valence-electron chi connectivity index (χ3n) is 5.96. The normalized spacial score (nSPS) is 16.9. The molecule has 1 atom stereocenters. The van der Waals surface area contributed by atoms with Crippen LogP contribution in [0.1, 0.15) is 47.0 Å². The second-order valence-electron chi connectivity index (χ2n) is 8.18. The molecular weight excluding hydrogens is 419 g/mol. The number of amides is 1. The molecule has 8 heteroatoms. The van der Waals surface area contributed by atoms with Gasteiger partial charge < -0.3 is 9.42 Å². The Labute approximate surface area is 184 Å². The zero-order valence-electron chi connectivity index (χ0n) is 17.9. The van der Waals surface area contributed by atoms with Gasteiger partial charge in [-0.15, -0.1) is 0 Å². The van der Waals surface area contributed by atoms with Crippen LogP contribution >= 0.6 is 0 Å². The van der Waals surface area contributed by atoms with Crippen molar-refractivity contribution >= 4 is 5.91 Å². The monoisotopic (exact) mass is 443 g/mol. The third-order valence-corrected chi connectivity index (χ3v) is 5.96. The molecule has 4 rings (SSSR count). The number of benzene rings is 1. The van der Waals surface area contributed by atoms with E-state index >= 15 is 0 Å². The highest BCUT2D eigenvalue weighted by molar-refractivity contribution is 5.79. The minimum atomic E-state index is -4.40. The molecule has 0 radical (unpaired) electrons. The van der Waals surface area contributed by atoms with Crippen LogP contribution in [0.4, 0.5) is 13.2 Å². The lowest BCUT2D eigenvalue weighted by molar-refractivity contribution is -0.137. The summed E-state index contributed by atoms with van der Waals surface area (Å²) in [6.45, 7) is 4.82. The van der Waals surface area contributed by atoms with Gasteiger partial charge in [-0.05, 0) is 51.0 Å². The van der Waals surface area contributed by atoms with E-state index in [0.717, 1.165) is 41.9 Å². The van der Waals surface area contributed by atoms with Crippen molar-refractivity contribution in [2.75, 3.05) is 13.1 Å². The van der Waals surface area contributed by atoms with Crippen molar-refractivity contribution in [1.29, 1.82) is 0 Å². The number of hydrogen-bond donors (Lipinski definition) is 0. The van der Waals surface area contributed by atoms with Gasteiger partial charge in [-0.3, -0.25) is 9.78 Å². The SMILES string of the molecule is Cc1noc(C)c1CC(=O)N1CCC[C@H](c2cccc(-c3cccc(C(F)(F)F)c3)n2)C1. The van der Waals surface area contributed by atoms with Crippen molar-refractivity contribution in [3.8, 4) is 11.3 Å². The van der Waals surface area contributed by atoms with Crippen molar-refractivity contribution in [2.24, 2.45) is 0 Å². The zero-order chi connectivity index (χ0) is 22.9. The summed E-state index contributed by atoms with van der Waals surface area (Å²) in [7, 11) is 0. The number of halogens is 3. The molecule has 0 bridgehead atoms. The Balaban J connectivity index is 1.51. The summed E-state index contributed by atoms with van der Waals surface area (Å²) in [6, 6.07) is 10.6. The number of hydrogen-bond acceptors (Lipinski definition) is 4. The Morgan fingerprint density at radius 3 is 2.69 bits per heavy atom. The molecule has 3 aromatic rings. The zero-order valence-corrected chi connectivity index (χ0v) is 17.9. The molecule has 2 aromatic heterocycles. The lowest BCUT2D eigenvalue weighted by Gasteiger charge is -2.32. The van der Waals surface area contributed by atoms with Crippen molar-refractivity contribution in [3.63, 3.8) is 0 Å². The van der Waals surface area contributed by atoms with Crippen LogP contribution in [-0.4, -0.2) is 34.0 Å². The molecule has 1 aromatic carbocycles. The summed E-state index contributed by atoms with van der Waals surface area (Å²) < 4.78 is 44.4. The van der Waals surface area contributed by atoms with Gasteiger partial charge in [0.25, 0.3) is 0 Å². The first-order valence-electron chi connectivity index (χ1n) is 10.6. The second kappa shape index (κ2) is 8.76. The van der Waals surface area contributed by atoms with Crippen molar-refractivity contribution in [1.82, 2.24) is 15.0 Å². The average Bonchev–Trinajstić information content (AvgIpc) is 3.11. The van der Waals surface area contributed by atoms with Crippen LogP contribution < -0.4 is 0 Å².